The van der Waals surface area contributed by atoms with Gasteiger partial charge in [0.1, 0.15) is 4.83 Å². The van der Waals surface area contributed by atoms with E-state index >= 15 is 0 Å². The first kappa shape index (κ1) is 18.6. The van der Waals surface area contributed by atoms with E-state index in [-0.39, 0.29) is 4.90 Å². The average molecular weight is 412 g/mol. The predicted molar refractivity (Wildman–Crippen MR) is 95.4 cm³/mol. The highest BCUT2D eigenvalue weighted by molar-refractivity contribution is 9.10. The second-order valence-corrected chi connectivity index (χ2v) is 7.95. The zero-order valence-corrected chi connectivity index (χ0v) is 15.7. The number of methoxy groups -OCH3 is 1. The van der Waals surface area contributed by atoms with E-state index in [1.54, 1.807) is 36.4 Å². The molecule has 0 saturated heterocycles. The number of benzene rings is 2. The molecular weight excluding hydrogens is 394 g/mol. The number of alkyl halides is 1. The summed E-state index contributed by atoms with van der Waals surface area (Å²) in [6.45, 7) is 1.88. The van der Waals surface area contributed by atoms with Gasteiger partial charge in [0.2, 0.25) is 10.0 Å². The third-order valence-electron chi connectivity index (χ3n) is 3.49. The van der Waals surface area contributed by atoms with E-state index in [9.17, 15) is 13.2 Å². The van der Waals surface area contributed by atoms with E-state index in [2.05, 4.69) is 20.7 Å². The molecule has 0 bridgehead atoms. The molecule has 5 nitrogen and oxygen atoms in total. The zero-order valence-electron chi connectivity index (χ0n) is 13.3. The van der Waals surface area contributed by atoms with E-state index in [0.717, 1.165) is 5.56 Å². The van der Waals surface area contributed by atoms with Crippen LogP contribution in [-0.4, -0.2) is 26.3 Å². The van der Waals surface area contributed by atoms with Gasteiger partial charge in [-0.15, -0.1) is 0 Å². The second kappa shape index (κ2) is 7.92. The van der Waals surface area contributed by atoms with Crippen LogP contribution in [0, 0.1) is 6.92 Å². The smallest absolute Gasteiger partial charge is 0.321 e. The predicted octanol–water partition coefficient (Wildman–Crippen LogP) is 2.95. The van der Waals surface area contributed by atoms with Crippen molar-refractivity contribution in [2.75, 3.05) is 7.11 Å². The minimum Gasteiger partial charge on any atom is -0.468 e. The standard InChI is InChI=1S/C17H18BrNO4S/c1-12-8-10-14(11-9-12)24(21,22)19-16(15(18)17(20)23-2)13-6-4-3-5-7-13/h3-11,15-16,19H,1-2H3/t15-,16-/m1/s1. The number of sulfonamides is 1. The molecule has 0 amide bonds. The molecule has 0 aliphatic carbocycles. The molecule has 0 radical (unpaired) electrons. The fourth-order valence-electron chi connectivity index (χ4n) is 2.16. The number of esters is 1. The van der Waals surface area contributed by atoms with Crippen molar-refractivity contribution < 1.29 is 17.9 Å². The molecule has 24 heavy (non-hydrogen) atoms. The molecule has 128 valence electrons. The van der Waals surface area contributed by atoms with Gasteiger partial charge in [-0.05, 0) is 24.6 Å². The number of rotatable bonds is 6. The summed E-state index contributed by atoms with van der Waals surface area (Å²) in [5.41, 5.74) is 1.61. The Balaban J connectivity index is 2.37. The maximum atomic E-state index is 12.7. The fourth-order valence-corrected chi connectivity index (χ4v) is 4.19. The van der Waals surface area contributed by atoms with E-state index in [0.29, 0.717) is 5.56 Å². The third-order valence-corrected chi connectivity index (χ3v) is 5.85. The van der Waals surface area contributed by atoms with Gasteiger partial charge < -0.3 is 4.74 Å². The Morgan fingerprint density at radius 2 is 1.67 bits per heavy atom. The molecule has 7 heteroatoms. The Hall–Kier alpha value is -1.70. The van der Waals surface area contributed by atoms with Crippen molar-refractivity contribution in [2.45, 2.75) is 22.7 Å². The molecule has 0 aromatic heterocycles. The van der Waals surface area contributed by atoms with Crippen LogP contribution in [0.4, 0.5) is 0 Å². The Labute approximate surface area is 150 Å². The summed E-state index contributed by atoms with van der Waals surface area (Å²) in [4.78, 5) is 11.2. The Bertz CT molecular complexity index is 791. The number of hydrogen-bond acceptors (Lipinski definition) is 4. The third kappa shape index (κ3) is 4.43. The van der Waals surface area contributed by atoms with Crippen LogP contribution in [0.25, 0.3) is 0 Å². The van der Waals surface area contributed by atoms with Crippen molar-refractivity contribution >= 4 is 31.9 Å². The molecule has 0 unspecified atom stereocenters. The lowest BCUT2D eigenvalue weighted by molar-refractivity contribution is -0.140. The molecule has 0 aliphatic heterocycles. The van der Waals surface area contributed by atoms with E-state index in [4.69, 9.17) is 4.74 Å². The van der Waals surface area contributed by atoms with Gasteiger partial charge in [-0.2, -0.15) is 0 Å². The van der Waals surface area contributed by atoms with Gasteiger partial charge >= 0.3 is 5.97 Å². The van der Waals surface area contributed by atoms with Gasteiger partial charge in [0.15, 0.2) is 0 Å². The van der Waals surface area contributed by atoms with Crippen LogP contribution in [0.15, 0.2) is 59.5 Å². The summed E-state index contributed by atoms with van der Waals surface area (Å²) in [5.74, 6) is -0.560. The highest BCUT2D eigenvalue weighted by atomic mass is 79.9. The van der Waals surface area contributed by atoms with Crippen molar-refractivity contribution in [1.29, 1.82) is 0 Å². The number of carbonyl (C=O) groups excluding carboxylic acids is 1. The summed E-state index contributed by atoms with van der Waals surface area (Å²) in [6.07, 6.45) is 0. The Kier molecular flexibility index (Phi) is 6.15. The summed E-state index contributed by atoms with van der Waals surface area (Å²) in [6, 6.07) is 14.6. The van der Waals surface area contributed by atoms with Crippen molar-refractivity contribution in [3.8, 4) is 0 Å². The minimum absolute atomic E-state index is 0.138. The van der Waals surface area contributed by atoms with Gasteiger partial charge in [-0.1, -0.05) is 64.0 Å². The van der Waals surface area contributed by atoms with Crippen LogP contribution >= 0.6 is 15.9 Å². The fraction of sp³-hybridized carbons (Fsp3) is 0.235. The van der Waals surface area contributed by atoms with E-state index in [1.807, 2.05) is 13.0 Å². The lowest BCUT2D eigenvalue weighted by Gasteiger charge is -2.22. The molecule has 2 rings (SSSR count). The van der Waals surface area contributed by atoms with Gasteiger partial charge in [0, 0.05) is 0 Å². The molecule has 2 aromatic carbocycles. The van der Waals surface area contributed by atoms with Crippen LogP contribution in [0.1, 0.15) is 17.2 Å². The number of halogens is 1. The van der Waals surface area contributed by atoms with Crippen LogP contribution in [0.2, 0.25) is 0 Å². The molecule has 0 fully saturated rings. The summed E-state index contributed by atoms with van der Waals surface area (Å²) in [7, 11) is -2.54. The molecule has 0 heterocycles. The van der Waals surface area contributed by atoms with E-state index < -0.39 is 26.9 Å². The topological polar surface area (TPSA) is 72.5 Å². The summed E-state index contributed by atoms with van der Waals surface area (Å²) in [5, 5.41) is 0. The quantitative estimate of drug-likeness (QED) is 0.585. The number of carbonyl (C=O) groups is 1. The highest BCUT2D eigenvalue weighted by Crippen LogP contribution is 2.26. The van der Waals surface area contributed by atoms with Crippen LogP contribution in [-0.2, 0) is 19.6 Å². The van der Waals surface area contributed by atoms with Crippen molar-refractivity contribution in [2.24, 2.45) is 0 Å². The van der Waals surface area contributed by atoms with Gasteiger partial charge in [-0.3, -0.25) is 4.79 Å². The normalized spacial score (nSPS) is 14.0. The van der Waals surface area contributed by atoms with Crippen LogP contribution < -0.4 is 4.72 Å². The maximum Gasteiger partial charge on any atom is 0.321 e. The number of nitrogens with one attached hydrogen (secondary N) is 1. The van der Waals surface area contributed by atoms with Crippen molar-refractivity contribution in [3.63, 3.8) is 0 Å². The molecule has 1 N–H and O–H groups in total. The van der Waals surface area contributed by atoms with Gasteiger partial charge in [0.25, 0.3) is 0 Å². The zero-order chi connectivity index (χ0) is 17.7. The molecule has 0 aliphatic rings. The van der Waals surface area contributed by atoms with Crippen molar-refractivity contribution in [3.05, 3.63) is 65.7 Å². The second-order valence-electron chi connectivity index (χ2n) is 5.25. The summed E-state index contributed by atoms with van der Waals surface area (Å²) >= 11 is 3.24. The number of hydrogen-bond donors (Lipinski definition) is 1. The first-order valence-electron chi connectivity index (χ1n) is 7.21. The lowest BCUT2D eigenvalue weighted by Crippen LogP contribution is -2.37. The maximum absolute atomic E-state index is 12.7. The summed E-state index contributed by atoms with van der Waals surface area (Å²) < 4.78 is 32.6. The first-order valence-corrected chi connectivity index (χ1v) is 9.61. The van der Waals surface area contributed by atoms with Crippen LogP contribution in [0.5, 0.6) is 0 Å². The first-order chi connectivity index (χ1) is 11.3. The molecule has 0 saturated carbocycles. The minimum atomic E-state index is -3.80. The van der Waals surface area contributed by atoms with Crippen molar-refractivity contribution in [1.82, 2.24) is 4.72 Å². The average Bonchev–Trinajstić information content (AvgIpc) is 2.59. The van der Waals surface area contributed by atoms with Gasteiger partial charge in [-0.25, -0.2) is 13.1 Å². The lowest BCUT2D eigenvalue weighted by atomic mass is 10.1. The number of ether oxygens (including phenoxy) is 1. The molecule has 2 aromatic rings. The Morgan fingerprint density at radius 3 is 2.21 bits per heavy atom. The van der Waals surface area contributed by atoms with Gasteiger partial charge in [0.05, 0.1) is 18.0 Å². The SMILES string of the molecule is COC(=O)[C@H](Br)[C@H](NS(=O)(=O)c1ccc(C)cc1)c1ccccc1. The molecular formula is C17H18BrNO4S. The molecule has 0 spiro atoms. The largest absolute Gasteiger partial charge is 0.468 e. The monoisotopic (exact) mass is 411 g/mol. The number of aryl methyl sites for hydroxylation is 1. The Morgan fingerprint density at radius 1 is 1.08 bits per heavy atom. The molecule has 2 atom stereocenters. The van der Waals surface area contributed by atoms with Crippen LogP contribution in [0.3, 0.4) is 0 Å². The highest BCUT2D eigenvalue weighted by Gasteiger charge is 2.32. The van der Waals surface area contributed by atoms with E-state index in [1.165, 1.54) is 19.2 Å².